The van der Waals surface area contributed by atoms with Crippen LogP contribution in [0.2, 0.25) is 0 Å². The third-order valence-corrected chi connectivity index (χ3v) is 5.95. The van der Waals surface area contributed by atoms with E-state index in [4.69, 9.17) is 14.6 Å². The Morgan fingerprint density at radius 3 is 2.36 bits per heavy atom. The molecule has 1 fully saturated rings. The van der Waals surface area contributed by atoms with E-state index >= 15 is 0 Å². The summed E-state index contributed by atoms with van der Waals surface area (Å²) < 4.78 is 66.3. The first kappa shape index (κ1) is 27.8. The number of carboxylic acid groups (broad SMARTS) is 1. The largest absolute Gasteiger partial charge is 0.490 e. The van der Waals surface area contributed by atoms with E-state index in [-0.39, 0.29) is 11.6 Å². The molecule has 2 aliphatic heterocycles. The van der Waals surface area contributed by atoms with Crippen LogP contribution >= 0.6 is 0 Å². The summed E-state index contributed by atoms with van der Waals surface area (Å²) in [5, 5.41) is 9.96. The molecule has 2 aromatic heterocycles. The molecule has 0 atom stereocenters. The lowest BCUT2D eigenvalue weighted by Crippen LogP contribution is -2.37. The third-order valence-electron chi connectivity index (χ3n) is 5.95. The van der Waals surface area contributed by atoms with Crippen LogP contribution in [0.15, 0.2) is 36.5 Å². The molecule has 39 heavy (non-hydrogen) atoms. The minimum Gasteiger partial charge on any atom is -0.475 e. The number of amides is 1. The number of nitrogens with zero attached hydrogens (tertiary/aromatic N) is 2. The van der Waals surface area contributed by atoms with Crippen molar-refractivity contribution in [1.29, 1.82) is 0 Å². The molecule has 5 rings (SSSR count). The van der Waals surface area contributed by atoms with Gasteiger partial charge in [0.1, 0.15) is 17.3 Å². The highest BCUT2D eigenvalue weighted by molar-refractivity contribution is 5.97. The Kier molecular flexibility index (Phi) is 8.29. The quantitative estimate of drug-likeness (QED) is 0.419. The maximum absolute atomic E-state index is 14.6. The van der Waals surface area contributed by atoms with Crippen molar-refractivity contribution in [2.45, 2.75) is 12.6 Å². The number of hydrogen-bond acceptors (Lipinski definition) is 5. The Bertz CT molecular complexity index is 1370. The molecule has 3 N–H and O–H groups in total. The van der Waals surface area contributed by atoms with Gasteiger partial charge in [0.25, 0.3) is 5.91 Å². The highest BCUT2D eigenvalue weighted by Gasteiger charge is 2.38. The zero-order valence-corrected chi connectivity index (χ0v) is 20.3. The van der Waals surface area contributed by atoms with Gasteiger partial charge in [-0.15, -0.1) is 0 Å². The SMILES string of the molecule is O=C(O)C(F)(F)F.O=C1NCCc2[nH]c(-c3ccnc(C=Cc4cc(F)c(N5CCOCC5)c(F)c4)c3)cc21. The van der Waals surface area contributed by atoms with Crippen molar-refractivity contribution in [3.8, 4) is 11.3 Å². The van der Waals surface area contributed by atoms with Crippen molar-refractivity contribution >= 4 is 29.7 Å². The van der Waals surface area contributed by atoms with Crippen molar-refractivity contribution in [1.82, 2.24) is 15.3 Å². The molecule has 1 saturated heterocycles. The van der Waals surface area contributed by atoms with Crippen LogP contribution < -0.4 is 10.2 Å². The summed E-state index contributed by atoms with van der Waals surface area (Å²) in [5.74, 6) is -4.02. The molecule has 0 unspecified atom stereocenters. The fourth-order valence-electron chi connectivity index (χ4n) is 4.11. The topological polar surface area (TPSA) is 108 Å². The van der Waals surface area contributed by atoms with Crippen molar-refractivity contribution < 1.29 is 41.4 Å². The molecular formula is C26H23F5N4O4. The summed E-state index contributed by atoms with van der Waals surface area (Å²) in [6.45, 7) is 2.45. The van der Waals surface area contributed by atoms with Gasteiger partial charge in [0.05, 0.1) is 24.5 Å². The zero-order chi connectivity index (χ0) is 28.2. The van der Waals surface area contributed by atoms with E-state index in [0.717, 1.165) is 23.4 Å². The number of aromatic nitrogens is 2. The first-order chi connectivity index (χ1) is 18.5. The van der Waals surface area contributed by atoms with Gasteiger partial charge in [0.15, 0.2) is 0 Å². The summed E-state index contributed by atoms with van der Waals surface area (Å²) in [7, 11) is 0. The van der Waals surface area contributed by atoms with Crippen LogP contribution in [-0.2, 0) is 16.0 Å². The molecule has 0 aliphatic carbocycles. The number of carbonyl (C=O) groups is 2. The number of pyridine rings is 1. The number of morpholine rings is 1. The number of carbonyl (C=O) groups excluding carboxylic acids is 1. The highest BCUT2D eigenvalue weighted by Crippen LogP contribution is 2.28. The summed E-state index contributed by atoms with van der Waals surface area (Å²) in [5.41, 5.74) is 4.33. The number of carboxylic acids is 1. The van der Waals surface area contributed by atoms with Gasteiger partial charge in [-0.25, -0.2) is 13.6 Å². The number of rotatable bonds is 4. The summed E-state index contributed by atoms with van der Waals surface area (Å²) in [6.07, 6.45) is 0.685. The molecule has 1 aromatic carbocycles. The molecular weight excluding hydrogens is 527 g/mol. The van der Waals surface area contributed by atoms with Gasteiger partial charge in [-0.3, -0.25) is 9.78 Å². The minimum absolute atomic E-state index is 0.00896. The van der Waals surface area contributed by atoms with E-state index in [2.05, 4.69) is 15.3 Å². The van der Waals surface area contributed by atoms with E-state index in [0.29, 0.717) is 49.7 Å². The smallest absolute Gasteiger partial charge is 0.475 e. The fraction of sp³-hybridized carbons (Fsp3) is 0.269. The molecule has 8 nitrogen and oxygen atoms in total. The van der Waals surface area contributed by atoms with Gasteiger partial charge in [0.2, 0.25) is 0 Å². The maximum Gasteiger partial charge on any atom is 0.490 e. The summed E-state index contributed by atoms with van der Waals surface area (Å²) in [6, 6.07) is 8.20. The Morgan fingerprint density at radius 2 is 1.74 bits per heavy atom. The molecule has 0 saturated carbocycles. The van der Waals surface area contributed by atoms with Crippen molar-refractivity contribution in [3.05, 3.63) is 70.7 Å². The normalized spacial score (nSPS) is 15.4. The second kappa shape index (κ2) is 11.6. The van der Waals surface area contributed by atoms with Crippen LogP contribution in [0.25, 0.3) is 23.4 Å². The van der Waals surface area contributed by atoms with Crippen LogP contribution in [0.4, 0.5) is 27.6 Å². The molecule has 13 heteroatoms. The lowest BCUT2D eigenvalue weighted by atomic mass is 10.1. The van der Waals surface area contributed by atoms with Gasteiger partial charge in [0, 0.05) is 49.2 Å². The number of aliphatic carboxylic acids is 1. The molecule has 0 spiro atoms. The molecule has 0 bridgehead atoms. The number of nitrogens with one attached hydrogen (secondary N) is 2. The Hall–Kier alpha value is -4.26. The van der Waals surface area contributed by atoms with Gasteiger partial charge < -0.3 is 25.0 Å². The predicted octanol–water partition coefficient (Wildman–Crippen LogP) is 4.28. The average Bonchev–Trinajstić information content (AvgIpc) is 3.34. The number of anilines is 1. The minimum atomic E-state index is -5.08. The van der Waals surface area contributed by atoms with E-state index in [1.807, 2.05) is 18.2 Å². The number of halogens is 5. The van der Waals surface area contributed by atoms with E-state index < -0.39 is 23.8 Å². The van der Waals surface area contributed by atoms with Gasteiger partial charge >= 0.3 is 12.1 Å². The molecule has 1 amide bonds. The van der Waals surface area contributed by atoms with Crippen LogP contribution in [-0.4, -0.2) is 66.0 Å². The molecule has 3 aromatic rings. The predicted molar refractivity (Wildman–Crippen MR) is 132 cm³/mol. The standard InChI is InChI=1S/C24H22F2N4O2.C2HF3O2/c25-19-11-15(12-20(26)23(19)30-7-9-32-10-8-30)1-2-17-13-16(3-5-27-17)22-14-18-21(29-22)4-6-28-24(18)31;3-2(4,5)1(6)7/h1-3,5,11-14,29H,4,6-10H2,(H,28,31);(H,6,7). The number of ether oxygens (including phenoxy) is 1. The Balaban J connectivity index is 0.000000448. The highest BCUT2D eigenvalue weighted by atomic mass is 19.4. The monoisotopic (exact) mass is 550 g/mol. The molecule has 0 radical (unpaired) electrons. The van der Waals surface area contributed by atoms with Crippen molar-refractivity contribution in [3.63, 3.8) is 0 Å². The van der Waals surface area contributed by atoms with E-state index in [1.165, 1.54) is 12.1 Å². The van der Waals surface area contributed by atoms with E-state index in [1.54, 1.807) is 23.2 Å². The van der Waals surface area contributed by atoms with Crippen LogP contribution in [0, 0.1) is 11.6 Å². The summed E-state index contributed by atoms with van der Waals surface area (Å²) in [4.78, 5) is 30.2. The zero-order valence-electron chi connectivity index (χ0n) is 20.3. The number of H-pyrrole nitrogens is 1. The number of alkyl halides is 3. The number of fused-ring (bicyclic) bond motifs is 1. The van der Waals surface area contributed by atoms with Gasteiger partial charge in [-0.1, -0.05) is 6.08 Å². The van der Waals surface area contributed by atoms with Crippen LogP contribution in [0.1, 0.15) is 27.3 Å². The number of aromatic amines is 1. The van der Waals surface area contributed by atoms with Crippen molar-refractivity contribution in [2.24, 2.45) is 0 Å². The van der Waals surface area contributed by atoms with Crippen molar-refractivity contribution in [2.75, 3.05) is 37.7 Å². The fourth-order valence-corrected chi connectivity index (χ4v) is 4.11. The third kappa shape index (κ3) is 6.79. The molecule has 2 aliphatic rings. The van der Waals surface area contributed by atoms with Crippen LogP contribution in [0.5, 0.6) is 0 Å². The molecule has 4 heterocycles. The Morgan fingerprint density at radius 1 is 1.08 bits per heavy atom. The van der Waals surface area contributed by atoms with Crippen LogP contribution in [0.3, 0.4) is 0 Å². The summed E-state index contributed by atoms with van der Waals surface area (Å²) >= 11 is 0. The maximum atomic E-state index is 14.6. The van der Waals surface area contributed by atoms with Gasteiger partial charge in [-0.2, -0.15) is 13.2 Å². The lowest BCUT2D eigenvalue weighted by Gasteiger charge is -2.29. The van der Waals surface area contributed by atoms with Gasteiger partial charge in [-0.05, 0) is 42.0 Å². The second-order valence-electron chi connectivity index (χ2n) is 8.62. The number of benzene rings is 1. The number of hydrogen-bond donors (Lipinski definition) is 3. The first-order valence-electron chi connectivity index (χ1n) is 11.8. The van der Waals surface area contributed by atoms with E-state index in [9.17, 15) is 26.7 Å². The average molecular weight is 550 g/mol. The second-order valence-corrected chi connectivity index (χ2v) is 8.62. The Labute approximate surface area is 219 Å². The lowest BCUT2D eigenvalue weighted by molar-refractivity contribution is -0.192. The first-order valence-corrected chi connectivity index (χ1v) is 11.8. The molecule has 206 valence electrons.